The first-order valence-electron chi connectivity index (χ1n) is 5.01. The predicted octanol–water partition coefficient (Wildman–Crippen LogP) is 1.85. The molecule has 5 heteroatoms. The maximum Gasteiger partial charge on any atom is 0.160 e. The van der Waals surface area contributed by atoms with Crippen LogP contribution in [0.25, 0.3) is 11.5 Å². The molecule has 2 aromatic rings. The van der Waals surface area contributed by atoms with Gasteiger partial charge in [-0.3, -0.25) is 4.98 Å². The number of aromatic nitrogens is 3. The molecule has 0 aromatic carbocycles. The Balaban J connectivity index is 2.47. The Hall–Kier alpha value is -1.39. The third-order valence-electron chi connectivity index (χ3n) is 2.40. The first-order chi connectivity index (χ1) is 7.74. The molecule has 0 amide bonds. The van der Waals surface area contributed by atoms with E-state index >= 15 is 0 Å². The molecular weight excluding hydrogens is 224 g/mol. The van der Waals surface area contributed by atoms with Crippen molar-refractivity contribution in [2.75, 3.05) is 7.05 Å². The Labute approximate surface area is 99.3 Å². The third kappa shape index (κ3) is 1.94. The second-order valence-corrected chi connectivity index (χ2v) is 3.84. The van der Waals surface area contributed by atoms with Crippen LogP contribution >= 0.6 is 11.6 Å². The number of imidazole rings is 1. The van der Waals surface area contributed by atoms with Crippen LogP contribution in [0.1, 0.15) is 5.69 Å². The van der Waals surface area contributed by atoms with Gasteiger partial charge < -0.3 is 9.88 Å². The molecule has 16 heavy (non-hydrogen) atoms. The normalized spacial score (nSPS) is 10.7. The highest BCUT2D eigenvalue weighted by Crippen LogP contribution is 2.22. The standard InChI is InChI=1S/C11H13ClN4/c1-13-7-9-10(12)15-11(16(9)2)8-5-3-4-6-14-8/h3-6,13H,7H2,1-2H3. The highest BCUT2D eigenvalue weighted by molar-refractivity contribution is 6.30. The van der Waals surface area contributed by atoms with E-state index in [-0.39, 0.29) is 0 Å². The molecule has 0 atom stereocenters. The molecule has 0 saturated carbocycles. The van der Waals surface area contributed by atoms with E-state index in [1.54, 1.807) is 6.20 Å². The number of hydrogen-bond acceptors (Lipinski definition) is 3. The lowest BCUT2D eigenvalue weighted by molar-refractivity contribution is 0.737. The van der Waals surface area contributed by atoms with Gasteiger partial charge in [-0.25, -0.2) is 4.98 Å². The van der Waals surface area contributed by atoms with Gasteiger partial charge in [-0.05, 0) is 19.2 Å². The summed E-state index contributed by atoms with van der Waals surface area (Å²) in [6.07, 6.45) is 1.75. The molecule has 0 aliphatic rings. The molecule has 0 saturated heterocycles. The highest BCUT2D eigenvalue weighted by atomic mass is 35.5. The molecule has 0 unspecified atom stereocenters. The topological polar surface area (TPSA) is 42.7 Å². The van der Waals surface area contributed by atoms with Crippen LogP contribution in [0, 0.1) is 0 Å². The summed E-state index contributed by atoms with van der Waals surface area (Å²) in [6, 6.07) is 5.73. The quantitative estimate of drug-likeness (QED) is 0.885. The summed E-state index contributed by atoms with van der Waals surface area (Å²) in [5.74, 6) is 0.788. The van der Waals surface area contributed by atoms with Gasteiger partial charge >= 0.3 is 0 Å². The molecule has 2 rings (SSSR count). The van der Waals surface area contributed by atoms with Gasteiger partial charge in [-0.2, -0.15) is 0 Å². The van der Waals surface area contributed by atoms with Crippen LogP contribution in [-0.4, -0.2) is 21.6 Å². The molecule has 0 fully saturated rings. The van der Waals surface area contributed by atoms with Crippen LogP contribution in [0.5, 0.6) is 0 Å². The van der Waals surface area contributed by atoms with Gasteiger partial charge in [-0.1, -0.05) is 17.7 Å². The average Bonchev–Trinajstić information content (AvgIpc) is 2.59. The lowest BCUT2D eigenvalue weighted by atomic mass is 10.3. The molecule has 1 N–H and O–H groups in total. The summed E-state index contributed by atoms with van der Waals surface area (Å²) < 4.78 is 1.96. The van der Waals surface area contributed by atoms with Crippen molar-refractivity contribution in [1.29, 1.82) is 0 Å². The number of nitrogens with one attached hydrogen (secondary N) is 1. The van der Waals surface area contributed by atoms with E-state index in [9.17, 15) is 0 Å². The number of nitrogens with zero attached hydrogens (tertiary/aromatic N) is 3. The molecule has 0 bridgehead atoms. The maximum absolute atomic E-state index is 6.08. The molecule has 84 valence electrons. The lowest BCUT2D eigenvalue weighted by Gasteiger charge is -2.04. The zero-order chi connectivity index (χ0) is 11.5. The van der Waals surface area contributed by atoms with Gasteiger partial charge in [-0.15, -0.1) is 0 Å². The van der Waals surface area contributed by atoms with E-state index < -0.39 is 0 Å². The fraction of sp³-hybridized carbons (Fsp3) is 0.273. The van der Waals surface area contributed by atoms with Crippen molar-refractivity contribution >= 4 is 11.6 Å². The Bertz CT molecular complexity index is 478. The van der Waals surface area contributed by atoms with Crippen molar-refractivity contribution in [3.05, 3.63) is 35.2 Å². The minimum atomic E-state index is 0.525. The van der Waals surface area contributed by atoms with Gasteiger partial charge in [0.1, 0.15) is 5.69 Å². The Morgan fingerprint density at radius 2 is 2.25 bits per heavy atom. The molecule has 4 nitrogen and oxygen atoms in total. The fourth-order valence-electron chi connectivity index (χ4n) is 1.58. The summed E-state index contributed by atoms with van der Waals surface area (Å²) in [4.78, 5) is 8.59. The van der Waals surface area contributed by atoms with E-state index in [0.29, 0.717) is 11.7 Å². The molecule has 2 aromatic heterocycles. The van der Waals surface area contributed by atoms with Gasteiger partial charge in [0.2, 0.25) is 0 Å². The Morgan fingerprint density at radius 1 is 1.44 bits per heavy atom. The second-order valence-electron chi connectivity index (χ2n) is 3.48. The highest BCUT2D eigenvalue weighted by Gasteiger charge is 2.14. The summed E-state index contributed by atoms with van der Waals surface area (Å²) in [5, 5.41) is 3.59. The van der Waals surface area contributed by atoms with Crippen LogP contribution in [0.15, 0.2) is 24.4 Å². The minimum Gasteiger partial charge on any atom is -0.327 e. The van der Waals surface area contributed by atoms with Crippen LogP contribution < -0.4 is 5.32 Å². The van der Waals surface area contributed by atoms with Crippen LogP contribution in [0.4, 0.5) is 0 Å². The smallest absolute Gasteiger partial charge is 0.160 e. The van der Waals surface area contributed by atoms with Gasteiger partial charge in [0.25, 0.3) is 0 Å². The summed E-state index contributed by atoms with van der Waals surface area (Å²) in [7, 11) is 3.82. The van der Waals surface area contributed by atoms with E-state index in [0.717, 1.165) is 17.2 Å². The minimum absolute atomic E-state index is 0.525. The monoisotopic (exact) mass is 236 g/mol. The first kappa shape index (κ1) is 11.1. The summed E-state index contributed by atoms with van der Waals surface area (Å²) in [6.45, 7) is 0.690. The van der Waals surface area contributed by atoms with E-state index in [1.807, 2.05) is 36.9 Å². The molecule has 0 aliphatic carbocycles. The van der Waals surface area contributed by atoms with Crippen LogP contribution in [-0.2, 0) is 13.6 Å². The van der Waals surface area contributed by atoms with Gasteiger partial charge in [0.15, 0.2) is 11.0 Å². The van der Waals surface area contributed by atoms with Crippen molar-refractivity contribution in [3.8, 4) is 11.5 Å². The number of pyridine rings is 1. The number of hydrogen-bond donors (Lipinski definition) is 1. The molecule has 0 radical (unpaired) electrons. The lowest BCUT2D eigenvalue weighted by Crippen LogP contribution is -2.10. The van der Waals surface area contributed by atoms with Crippen LogP contribution in [0.3, 0.4) is 0 Å². The summed E-state index contributed by atoms with van der Waals surface area (Å²) in [5.41, 5.74) is 1.79. The van der Waals surface area contributed by atoms with Crippen molar-refractivity contribution < 1.29 is 0 Å². The molecule has 0 aliphatic heterocycles. The van der Waals surface area contributed by atoms with Crippen LogP contribution in [0.2, 0.25) is 5.15 Å². The van der Waals surface area contributed by atoms with Gasteiger partial charge in [0.05, 0.1) is 5.69 Å². The number of rotatable bonds is 3. The molecule has 0 spiro atoms. The van der Waals surface area contributed by atoms with E-state index in [2.05, 4.69) is 15.3 Å². The number of halogens is 1. The largest absolute Gasteiger partial charge is 0.327 e. The summed E-state index contributed by atoms with van der Waals surface area (Å²) >= 11 is 6.08. The zero-order valence-corrected chi connectivity index (χ0v) is 9.99. The first-order valence-corrected chi connectivity index (χ1v) is 5.39. The maximum atomic E-state index is 6.08. The van der Waals surface area contributed by atoms with E-state index in [1.165, 1.54) is 0 Å². The van der Waals surface area contributed by atoms with Crippen molar-refractivity contribution in [2.45, 2.75) is 6.54 Å². The third-order valence-corrected chi connectivity index (χ3v) is 2.71. The SMILES string of the molecule is CNCc1c(Cl)nc(-c2ccccn2)n1C. The Kier molecular flexibility index (Phi) is 3.22. The van der Waals surface area contributed by atoms with Gasteiger partial charge in [0, 0.05) is 19.8 Å². The van der Waals surface area contributed by atoms with Crippen molar-refractivity contribution in [2.24, 2.45) is 7.05 Å². The zero-order valence-electron chi connectivity index (χ0n) is 9.24. The Morgan fingerprint density at radius 3 is 2.88 bits per heavy atom. The van der Waals surface area contributed by atoms with Crippen molar-refractivity contribution in [3.63, 3.8) is 0 Å². The fourth-order valence-corrected chi connectivity index (χ4v) is 1.86. The second kappa shape index (κ2) is 4.63. The molecular formula is C11H13ClN4. The van der Waals surface area contributed by atoms with Crippen molar-refractivity contribution in [1.82, 2.24) is 19.9 Å². The average molecular weight is 237 g/mol. The van der Waals surface area contributed by atoms with E-state index in [4.69, 9.17) is 11.6 Å². The molecule has 2 heterocycles. The predicted molar refractivity (Wildman–Crippen MR) is 64.2 cm³/mol.